The van der Waals surface area contributed by atoms with Crippen LogP contribution < -0.4 is 0 Å². The minimum atomic E-state index is 0.142. The highest BCUT2D eigenvalue weighted by atomic mass is 35.5. The van der Waals surface area contributed by atoms with Gasteiger partial charge in [-0.3, -0.25) is 4.90 Å². The number of halogens is 2. The van der Waals surface area contributed by atoms with E-state index in [0.717, 1.165) is 31.5 Å². The molecule has 21 heavy (non-hydrogen) atoms. The average Bonchev–Trinajstić information content (AvgIpc) is 2.67. The number of rotatable bonds is 2. The fraction of sp³-hybridized carbons (Fsp3) is 0.294. The molecule has 0 fully saturated rings. The molecule has 0 bridgehead atoms. The molecular formula is C17H17Cl2NO. The Labute approximate surface area is 134 Å². The van der Waals surface area contributed by atoms with Crippen LogP contribution in [0.25, 0.3) is 0 Å². The molecular weight excluding hydrogens is 305 g/mol. The third-order valence-corrected chi connectivity index (χ3v) is 4.52. The first kappa shape index (κ1) is 14.7. The van der Waals surface area contributed by atoms with Crippen LogP contribution in [0.4, 0.5) is 0 Å². The quantitative estimate of drug-likeness (QED) is 0.891. The van der Waals surface area contributed by atoms with Gasteiger partial charge in [-0.15, -0.1) is 0 Å². The van der Waals surface area contributed by atoms with E-state index in [0.29, 0.717) is 16.6 Å². The van der Waals surface area contributed by atoms with Gasteiger partial charge in [-0.05, 0) is 36.1 Å². The summed E-state index contributed by atoms with van der Waals surface area (Å²) < 4.78 is 0. The smallest absolute Gasteiger partial charge is 0.138 e. The molecule has 0 amide bonds. The molecule has 0 unspecified atom stereocenters. The summed E-state index contributed by atoms with van der Waals surface area (Å²) in [6.07, 6.45) is 2.07. The summed E-state index contributed by atoms with van der Waals surface area (Å²) in [6, 6.07) is 12.0. The molecule has 0 radical (unpaired) electrons. The van der Waals surface area contributed by atoms with Crippen molar-refractivity contribution >= 4 is 23.2 Å². The maximum Gasteiger partial charge on any atom is 0.138 e. The number of nitrogens with zero attached hydrogens (tertiary/aromatic N) is 1. The predicted molar refractivity (Wildman–Crippen MR) is 87.3 cm³/mol. The molecule has 0 saturated heterocycles. The van der Waals surface area contributed by atoms with E-state index in [1.165, 1.54) is 11.1 Å². The molecule has 0 spiro atoms. The monoisotopic (exact) mass is 321 g/mol. The molecule has 1 N–H and O–H groups in total. The Bertz CT molecular complexity index is 630. The Kier molecular flexibility index (Phi) is 4.39. The van der Waals surface area contributed by atoms with Gasteiger partial charge in [0, 0.05) is 30.2 Å². The van der Waals surface area contributed by atoms with Crippen LogP contribution in [0.15, 0.2) is 36.4 Å². The normalized spacial score (nSPS) is 15.5. The van der Waals surface area contributed by atoms with Crippen LogP contribution in [0.2, 0.25) is 10.0 Å². The second-order valence-electron chi connectivity index (χ2n) is 5.44. The van der Waals surface area contributed by atoms with Gasteiger partial charge in [-0.2, -0.15) is 0 Å². The van der Waals surface area contributed by atoms with Gasteiger partial charge in [-0.25, -0.2) is 0 Å². The van der Waals surface area contributed by atoms with Crippen molar-refractivity contribution in [2.24, 2.45) is 0 Å². The first-order valence-electron chi connectivity index (χ1n) is 7.09. The van der Waals surface area contributed by atoms with Crippen molar-refractivity contribution in [3.05, 3.63) is 63.1 Å². The lowest BCUT2D eigenvalue weighted by atomic mass is 10.0. The molecule has 0 aromatic heterocycles. The molecule has 4 heteroatoms. The van der Waals surface area contributed by atoms with Gasteiger partial charge in [0.1, 0.15) is 5.75 Å². The van der Waals surface area contributed by atoms with Crippen LogP contribution >= 0.6 is 23.2 Å². The van der Waals surface area contributed by atoms with Gasteiger partial charge in [-0.1, -0.05) is 47.5 Å². The second kappa shape index (κ2) is 6.27. The third-order valence-electron chi connectivity index (χ3n) is 4.01. The highest BCUT2D eigenvalue weighted by Crippen LogP contribution is 2.32. The standard InChI is InChI=1S/C17H17Cl2NO/c18-15-9-14(17(21)16(19)10-15)11-20-7-5-12-3-1-2-4-13(12)6-8-20/h1-4,9-10,21H,5-8,11H2. The minimum Gasteiger partial charge on any atom is -0.506 e. The van der Waals surface area contributed by atoms with Crippen LogP contribution in [-0.2, 0) is 19.4 Å². The average molecular weight is 322 g/mol. The van der Waals surface area contributed by atoms with E-state index < -0.39 is 0 Å². The molecule has 2 nitrogen and oxygen atoms in total. The number of benzene rings is 2. The molecule has 1 heterocycles. The van der Waals surface area contributed by atoms with Gasteiger partial charge >= 0.3 is 0 Å². The van der Waals surface area contributed by atoms with Crippen molar-refractivity contribution in [3.63, 3.8) is 0 Å². The number of phenolic OH excluding ortho intramolecular Hbond substituents is 1. The lowest BCUT2D eigenvalue weighted by Gasteiger charge is -2.20. The zero-order valence-corrected chi connectivity index (χ0v) is 13.2. The van der Waals surface area contributed by atoms with Crippen molar-refractivity contribution in [1.82, 2.24) is 4.90 Å². The summed E-state index contributed by atoms with van der Waals surface area (Å²) in [6.45, 7) is 2.61. The molecule has 3 rings (SSSR count). The summed E-state index contributed by atoms with van der Waals surface area (Å²) in [5, 5.41) is 11.0. The van der Waals surface area contributed by atoms with Gasteiger partial charge in [0.05, 0.1) is 5.02 Å². The van der Waals surface area contributed by atoms with Crippen LogP contribution in [-0.4, -0.2) is 23.1 Å². The van der Waals surface area contributed by atoms with Gasteiger partial charge < -0.3 is 5.11 Å². The maximum absolute atomic E-state index is 10.1. The van der Waals surface area contributed by atoms with Crippen molar-refractivity contribution in [2.45, 2.75) is 19.4 Å². The Morgan fingerprint density at radius 1 is 1.00 bits per heavy atom. The van der Waals surface area contributed by atoms with E-state index in [2.05, 4.69) is 29.2 Å². The number of fused-ring (bicyclic) bond motifs is 1. The van der Waals surface area contributed by atoms with E-state index in [4.69, 9.17) is 23.2 Å². The molecule has 1 aliphatic heterocycles. The van der Waals surface area contributed by atoms with Crippen molar-refractivity contribution in [2.75, 3.05) is 13.1 Å². The number of hydrogen-bond acceptors (Lipinski definition) is 2. The molecule has 0 saturated carbocycles. The van der Waals surface area contributed by atoms with E-state index in [1.54, 1.807) is 12.1 Å². The number of phenols is 1. The van der Waals surface area contributed by atoms with Gasteiger partial charge in [0.15, 0.2) is 0 Å². The van der Waals surface area contributed by atoms with Crippen molar-refractivity contribution in [1.29, 1.82) is 0 Å². The van der Waals surface area contributed by atoms with E-state index in [-0.39, 0.29) is 5.75 Å². The Balaban J connectivity index is 1.76. The fourth-order valence-corrected chi connectivity index (χ4v) is 3.39. The summed E-state index contributed by atoms with van der Waals surface area (Å²) >= 11 is 12.0. The highest BCUT2D eigenvalue weighted by molar-refractivity contribution is 6.35. The number of hydrogen-bond donors (Lipinski definition) is 1. The Hall–Kier alpha value is -1.22. The largest absolute Gasteiger partial charge is 0.506 e. The molecule has 2 aromatic rings. The molecule has 2 aromatic carbocycles. The Morgan fingerprint density at radius 3 is 2.24 bits per heavy atom. The SMILES string of the molecule is Oc1c(Cl)cc(Cl)cc1CN1CCc2ccccc2CC1. The summed E-state index contributed by atoms with van der Waals surface area (Å²) in [5.41, 5.74) is 3.64. The summed E-state index contributed by atoms with van der Waals surface area (Å²) in [4.78, 5) is 2.34. The van der Waals surface area contributed by atoms with Crippen LogP contribution in [0.1, 0.15) is 16.7 Å². The van der Waals surface area contributed by atoms with Gasteiger partial charge in [0.2, 0.25) is 0 Å². The third kappa shape index (κ3) is 3.34. The van der Waals surface area contributed by atoms with Gasteiger partial charge in [0.25, 0.3) is 0 Å². The summed E-state index contributed by atoms with van der Waals surface area (Å²) in [5.74, 6) is 0.142. The summed E-state index contributed by atoms with van der Waals surface area (Å²) in [7, 11) is 0. The van der Waals surface area contributed by atoms with E-state index in [9.17, 15) is 5.11 Å². The number of aromatic hydroxyl groups is 1. The lowest BCUT2D eigenvalue weighted by molar-refractivity contribution is 0.275. The fourth-order valence-electron chi connectivity index (χ4n) is 2.85. The van der Waals surface area contributed by atoms with E-state index >= 15 is 0 Å². The minimum absolute atomic E-state index is 0.142. The van der Waals surface area contributed by atoms with Crippen LogP contribution in [0.5, 0.6) is 5.75 Å². The topological polar surface area (TPSA) is 23.5 Å². The van der Waals surface area contributed by atoms with Crippen LogP contribution in [0.3, 0.4) is 0 Å². The van der Waals surface area contributed by atoms with Crippen molar-refractivity contribution < 1.29 is 5.11 Å². The first-order chi connectivity index (χ1) is 10.1. The van der Waals surface area contributed by atoms with Crippen LogP contribution in [0, 0.1) is 0 Å². The van der Waals surface area contributed by atoms with E-state index in [1.807, 2.05) is 0 Å². The molecule has 0 atom stereocenters. The first-order valence-corrected chi connectivity index (χ1v) is 7.85. The highest BCUT2D eigenvalue weighted by Gasteiger charge is 2.16. The Morgan fingerprint density at radius 2 is 1.62 bits per heavy atom. The van der Waals surface area contributed by atoms with Crippen molar-refractivity contribution in [3.8, 4) is 5.75 Å². The maximum atomic E-state index is 10.1. The second-order valence-corrected chi connectivity index (χ2v) is 6.28. The lowest BCUT2D eigenvalue weighted by Crippen LogP contribution is -2.26. The molecule has 1 aliphatic rings. The zero-order valence-electron chi connectivity index (χ0n) is 11.6. The zero-order chi connectivity index (χ0) is 14.8. The predicted octanol–water partition coefficient (Wildman–Crippen LogP) is 4.30. The molecule has 0 aliphatic carbocycles. The molecule has 110 valence electrons.